The van der Waals surface area contributed by atoms with E-state index in [2.05, 4.69) is 29.6 Å². The predicted octanol–water partition coefficient (Wildman–Crippen LogP) is 5.49. The second-order valence-corrected chi connectivity index (χ2v) is 17.8. The molecule has 0 radical (unpaired) electrons. The highest BCUT2D eigenvalue weighted by Crippen LogP contribution is 2.40. The second-order valence-electron chi connectivity index (χ2n) is 11.7. The lowest BCUT2D eigenvalue weighted by Gasteiger charge is -2.42. The number of nitrogens with zero attached hydrogens (tertiary/aromatic N) is 7. The summed E-state index contributed by atoms with van der Waals surface area (Å²) in [4.78, 5) is 37.7. The van der Waals surface area contributed by atoms with Gasteiger partial charge in [0.25, 0.3) is 5.56 Å². The first-order valence-corrected chi connectivity index (χ1v) is 17.9. The van der Waals surface area contributed by atoms with Crippen LogP contribution in [0, 0.1) is 5.82 Å². The lowest BCUT2D eigenvalue weighted by atomic mass is 10.0. The van der Waals surface area contributed by atoms with Crippen molar-refractivity contribution in [2.24, 2.45) is 0 Å². The first kappa shape index (κ1) is 28.3. The summed E-state index contributed by atoms with van der Waals surface area (Å²) >= 11 is 6.35. The molecule has 1 aliphatic heterocycles. The van der Waals surface area contributed by atoms with Crippen LogP contribution in [0.15, 0.2) is 53.8 Å². The van der Waals surface area contributed by atoms with Crippen molar-refractivity contribution in [1.82, 2.24) is 28.7 Å². The number of fused-ring (bicyclic) bond motifs is 2. The van der Waals surface area contributed by atoms with E-state index in [1.165, 1.54) is 46.6 Å². The van der Waals surface area contributed by atoms with Gasteiger partial charge in [0.1, 0.15) is 35.9 Å². The Labute approximate surface area is 247 Å². The number of halogens is 2. The maximum Gasteiger partial charge on any atom is 0.284 e. The average Bonchev–Trinajstić information content (AvgIpc) is 3.48. The fraction of sp³-hybridized carbons (Fsp3) is 0.345. The van der Waals surface area contributed by atoms with Crippen molar-refractivity contribution in [2.75, 3.05) is 18.1 Å². The summed E-state index contributed by atoms with van der Waals surface area (Å²) in [5.74, 6) is 0.497. The summed E-state index contributed by atoms with van der Waals surface area (Å²) in [6, 6.07) is 7.97. The highest BCUT2D eigenvalue weighted by atomic mass is 35.5. The number of hydrogen-bond donors (Lipinski definition) is 0. The number of ketones is 1. The van der Waals surface area contributed by atoms with Crippen molar-refractivity contribution in [1.29, 1.82) is 0 Å². The molecule has 1 saturated heterocycles. The number of benzene rings is 1. The number of ether oxygens (including phenoxy) is 1. The van der Waals surface area contributed by atoms with Crippen molar-refractivity contribution >= 4 is 47.8 Å². The van der Waals surface area contributed by atoms with Gasteiger partial charge in [-0.1, -0.05) is 31.2 Å². The summed E-state index contributed by atoms with van der Waals surface area (Å²) in [5, 5.41) is 5.70. The maximum atomic E-state index is 13.8. The molecule has 0 saturated carbocycles. The Kier molecular flexibility index (Phi) is 7.23. The average molecular weight is 608 g/mol. The highest BCUT2D eigenvalue weighted by Gasteiger charge is 2.37. The van der Waals surface area contributed by atoms with Crippen molar-refractivity contribution in [3.63, 3.8) is 0 Å². The molecule has 0 amide bonds. The van der Waals surface area contributed by atoms with Crippen LogP contribution in [-0.2, 0) is 11.5 Å². The number of carbonyl (C=O) groups excluding carboxylic acids is 1. The number of rotatable bonds is 9. The molecule has 4 aromatic heterocycles. The molecule has 1 aliphatic rings. The van der Waals surface area contributed by atoms with Crippen LogP contribution in [-0.4, -0.2) is 55.7 Å². The monoisotopic (exact) mass is 607 g/mol. The van der Waals surface area contributed by atoms with Gasteiger partial charge in [-0.15, -0.1) is 0 Å². The Balaban J connectivity index is 1.44. The molecule has 13 heteroatoms. The molecule has 0 aliphatic carbocycles. The molecule has 42 heavy (non-hydrogen) atoms. The van der Waals surface area contributed by atoms with E-state index < -0.39 is 13.9 Å². The van der Waals surface area contributed by atoms with Crippen LogP contribution < -0.4 is 10.5 Å². The van der Waals surface area contributed by atoms with Crippen molar-refractivity contribution in [2.45, 2.75) is 51.8 Å². The van der Waals surface area contributed by atoms with E-state index in [4.69, 9.17) is 21.4 Å². The smallest absolute Gasteiger partial charge is 0.284 e. The van der Waals surface area contributed by atoms with Crippen LogP contribution in [0.2, 0.25) is 30.7 Å². The quantitative estimate of drug-likeness (QED) is 0.124. The molecule has 218 valence electrons. The summed E-state index contributed by atoms with van der Waals surface area (Å²) < 4.78 is 24.6. The van der Waals surface area contributed by atoms with Gasteiger partial charge in [0.05, 0.1) is 22.1 Å². The van der Waals surface area contributed by atoms with E-state index in [1.54, 1.807) is 18.5 Å². The van der Waals surface area contributed by atoms with E-state index in [0.29, 0.717) is 53.5 Å². The Morgan fingerprint density at radius 2 is 1.93 bits per heavy atom. The minimum Gasteiger partial charge on any atom is -0.361 e. The first-order chi connectivity index (χ1) is 20.0. The highest BCUT2D eigenvalue weighted by molar-refractivity contribution is 6.76. The van der Waals surface area contributed by atoms with Gasteiger partial charge < -0.3 is 14.2 Å². The lowest BCUT2D eigenvalue weighted by molar-refractivity contribution is 0.0895. The van der Waals surface area contributed by atoms with Gasteiger partial charge in [0.15, 0.2) is 11.6 Å². The third-order valence-electron chi connectivity index (χ3n) is 7.58. The molecule has 5 aromatic rings. The SMILES string of the molecule is CC(=O)c1cn(COCC[Si](C)(C)C)c2ncnc(N3CC[C@H]3c3nn4ccc(Cl)c4c(=O)n3-c3ccc(F)cc3)c12. The Hall–Kier alpha value is -3.87. The van der Waals surface area contributed by atoms with Crippen LogP contribution in [0.25, 0.3) is 22.2 Å². The molecule has 0 spiro atoms. The van der Waals surface area contributed by atoms with E-state index in [1.807, 2.05) is 9.47 Å². The van der Waals surface area contributed by atoms with Crippen LogP contribution in [0.3, 0.4) is 0 Å². The maximum absolute atomic E-state index is 13.8. The second kappa shape index (κ2) is 10.8. The Morgan fingerprint density at radius 1 is 1.17 bits per heavy atom. The van der Waals surface area contributed by atoms with Crippen molar-refractivity contribution in [3.8, 4) is 5.69 Å². The normalized spacial score (nSPS) is 15.5. The van der Waals surface area contributed by atoms with Gasteiger partial charge in [0.2, 0.25) is 0 Å². The first-order valence-electron chi connectivity index (χ1n) is 13.8. The number of Topliss-reactive ketones (excluding diaryl/α,β-unsaturated/α-hetero) is 1. The van der Waals surface area contributed by atoms with Crippen molar-refractivity contribution in [3.05, 3.63) is 81.6 Å². The van der Waals surface area contributed by atoms with E-state index in [9.17, 15) is 14.0 Å². The Bertz CT molecular complexity index is 1880. The molecule has 0 N–H and O–H groups in total. The summed E-state index contributed by atoms with van der Waals surface area (Å²) in [6.07, 6.45) is 5.56. The van der Waals surface area contributed by atoms with Crippen LogP contribution >= 0.6 is 11.6 Å². The Morgan fingerprint density at radius 3 is 2.60 bits per heavy atom. The standard InChI is InChI=1S/C29H31ClFN7O3Si/c1-18(39)21-15-35(17-41-13-14-42(2,3)4)27-24(21)28(33-16-32-27)36-11-10-23(36)26-34-37-12-9-22(30)25(37)29(40)38(26)20-7-5-19(31)6-8-20/h5-9,12,15-16,23H,10-11,13-14,17H2,1-4H3/t23-/m0/s1. The molecule has 0 unspecified atom stereocenters. The number of aromatic nitrogens is 6. The minimum absolute atomic E-state index is 0.112. The minimum atomic E-state index is -1.25. The van der Waals surface area contributed by atoms with E-state index in [0.717, 1.165) is 6.04 Å². The molecule has 10 nitrogen and oxygen atoms in total. The molecular formula is C29H31ClFN7O3Si. The third kappa shape index (κ3) is 5.03. The molecule has 1 atom stereocenters. The number of carbonyl (C=O) groups is 1. The van der Waals surface area contributed by atoms with Gasteiger partial charge in [-0.25, -0.2) is 18.9 Å². The third-order valence-corrected chi connectivity index (χ3v) is 9.59. The van der Waals surface area contributed by atoms with Gasteiger partial charge in [0, 0.05) is 39.2 Å². The molecule has 5 heterocycles. The van der Waals surface area contributed by atoms with E-state index in [-0.39, 0.29) is 34.7 Å². The van der Waals surface area contributed by atoms with Crippen molar-refractivity contribution < 1.29 is 13.9 Å². The lowest BCUT2D eigenvalue weighted by Crippen LogP contribution is -2.45. The van der Waals surface area contributed by atoms with Crippen LogP contribution in [0.1, 0.15) is 35.6 Å². The topological polar surface area (TPSA) is 99.6 Å². The molecular weight excluding hydrogens is 577 g/mol. The largest absolute Gasteiger partial charge is 0.361 e. The summed E-state index contributed by atoms with van der Waals surface area (Å²) in [7, 11) is -1.25. The van der Waals surface area contributed by atoms with Crippen LogP contribution in [0.4, 0.5) is 10.2 Å². The number of hydrogen-bond acceptors (Lipinski definition) is 7. The fourth-order valence-corrected chi connectivity index (χ4v) is 6.22. The zero-order chi connectivity index (χ0) is 29.8. The predicted molar refractivity (Wildman–Crippen MR) is 162 cm³/mol. The zero-order valence-electron chi connectivity index (χ0n) is 23.8. The van der Waals surface area contributed by atoms with Gasteiger partial charge >= 0.3 is 0 Å². The van der Waals surface area contributed by atoms with Gasteiger partial charge in [-0.3, -0.25) is 14.2 Å². The zero-order valence-corrected chi connectivity index (χ0v) is 25.6. The summed E-state index contributed by atoms with van der Waals surface area (Å²) in [6.45, 7) is 9.94. The van der Waals surface area contributed by atoms with Gasteiger partial charge in [-0.05, 0) is 49.7 Å². The summed E-state index contributed by atoms with van der Waals surface area (Å²) in [5.41, 5.74) is 1.42. The van der Waals surface area contributed by atoms with Crippen LogP contribution in [0.5, 0.6) is 0 Å². The molecule has 1 fully saturated rings. The molecule has 6 rings (SSSR count). The number of anilines is 1. The fourth-order valence-electron chi connectivity index (χ4n) is 5.24. The van der Waals surface area contributed by atoms with Gasteiger partial charge in [-0.2, -0.15) is 5.10 Å². The molecule has 0 bridgehead atoms. The van der Waals surface area contributed by atoms with E-state index >= 15 is 0 Å². The molecule has 1 aromatic carbocycles.